The van der Waals surface area contributed by atoms with Crippen molar-refractivity contribution in [1.82, 2.24) is 20.8 Å². The molecule has 0 aliphatic rings. The lowest BCUT2D eigenvalue weighted by molar-refractivity contribution is -0.121. The molecule has 1 amide bonds. The molecule has 2 heterocycles. The van der Waals surface area contributed by atoms with Crippen molar-refractivity contribution in [2.45, 2.75) is 12.8 Å². The van der Waals surface area contributed by atoms with Gasteiger partial charge in [-0.25, -0.2) is 0 Å². The molecule has 0 bridgehead atoms. The zero-order valence-electron chi connectivity index (χ0n) is 10.7. The number of furan rings is 1. The summed E-state index contributed by atoms with van der Waals surface area (Å²) < 4.78 is 10.2. The van der Waals surface area contributed by atoms with Crippen molar-refractivity contribution in [2.24, 2.45) is 0 Å². The molecule has 0 radical (unpaired) electrons. The molecular weight excluding hydrogens is 248 g/mol. The average Bonchev–Trinajstić information content (AvgIpc) is 3.07. The Bertz CT molecular complexity index is 507. The van der Waals surface area contributed by atoms with Gasteiger partial charge in [-0.1, -0.05) is 5.16 Å². The van der Waals surface area contributed by atoms with E-state index in [9.17, 15) is 4.79 Å². The fourth-order valence-electron chi connectivity index (χ4n) is 1.50. The largest absolute Gasteiger partial charge is 0.461 e. The van der Waals surface area contributed by atoms with Crippen LogP contribution in [0.25, 0.3) is 11.6 Å². The number of aryl methyl sites for hydroxylation is 1. The minimum Gasteiger partial charge on any atom is -0.461 e. The van der Waals surface area contributed by atoms with E-state index in [1.54, 1.807) is 18.4 Å². The van der Waals surface area contributed by atoms with Gasteiger partial charge in [-0.2, -0.15) is 4.98 Å². The Morgan fingerprint density at radius 2 is 2.32 bits per heavy atom. The summed E-state index contributed by atoms with van der Waals surface area (Å²) in [5, 5.41) is 9.52. The first-order chi connectivity index (χ1) is 9.29. The molecule has 0 saturated heterocycles. The van der Waals surface area contributed by atoms with E-state index in [1.807, 2.05) is 7.05 Å². The number of hydrogen-bond acceptors (Lipinski definition) is 6. The van der Waals surface area contributed by atoms with Gasteiger partial charge in [0.1, 0.15) is 0 Å². The van der Waals surface area contributed by atoms with Crippen molar-refractivity contribution >= 4 is 5.91 Å². The topological polar surface area (TPSA) is 93.2 Å². The van der Waals surface area contributed by atoms with Gasteiger partial charge in [0.25, 0.3) is 0 Å². The van der Waals surface area contributed by atoms with Gasteiger partial charge in [0.05, 0.1) is 6.26 Å². The van der Waals surface area contributed by atoms with Crippen molar-refractivity contribution in [3.8, 4) is 11.6 Å². The number of nitrogens with one attached hydrogen (secondary N) is 2. The Hall–Kier alpha value is -2.15. The van der Waals surface area contributed by atoms with Crippen LogP contribution in [0.15, 0.2) is 27.3 Å². The zero-order chi connectivity index (χ0) is 13.5. The number of likely N-dealkylation sites (N-methyl/N-ethyl adjacent to an activating group) is 1. The molecule has 0 aliphatic heterocycles. The van der Waals surface area contributed by atoms with Crippen LogP contribution >= 0.6 is 0 Å². The first-order valence-corrected chi connectivity index (χ1v) is 6.07. The van der Waals surface area contributed by atoms with E-state index in [2.05, 4.69) is 20.8 Å². The molecule has 0 atom stereocenters. The molecule has 0 fully saturated rings. The van der Waals surface area contributed by atoms with Crippen molar-refractivity contribution < 1.29 is 13.7 Å². The monoisotopic (exact) mass is 264 g/mol. The second kappa shape index (κ2) is 6.69. The van der Waals surface area contributed by atoms with E-state index >= 15 is 0 Å². The molecule has 19 heavy (non-hydrogen) atoms. The molecule has 2 aromatic heterocycles. The second-order valence-corrected chi connectivity index (χ2v) is 3.94. The number of amides is 1. The summed E-state index contributed by atoms with van der Waals surface area (Å²) in [6.45, 7) is 1.35. The Kier molecular flexibility index (Phi) is 4.68. The van der Waals surface area contributed by atoms with Crippen molar-refractivity contribution in [2.75, 3.05) is 20.1 Å². The zero-order valence-corrected chi connectivity index (χ0v) is 10.7. The number of hydrogen-bond donors (Lipinski definition) is 2. The SMILES string of the molecule is CNCCNC(=O)CCc1nc(-c2ccco2)no1. The van der Waals surface area contributed by atoms with Crippen molar-refractivity contribution in [1.29, 1.82) is 0 Å². The Balaban J connectivity index is 1.79. The highest BCUT2D eigenvalue weighted by Gasteiger charge is 2.11. The van der Waals surface area contributed by atoms with Crippen LogP contribution in [-0.4, -0.2) is 36.2 Å². The van der Waals surface area contributed by atoms with Crippen LogP contribution in [0.1, 0.15) is 12.3 Å². The maximum Gasteiger partial charge on any atom is 0.238 e. The highest BCUT2D eigenvalue weighted by molar-refractivity contribution is 5.75. The maximum absolute atomic E-state index is 11.5. The fraction of sp³-hybridized carbons (Fsp3) is 0.417. The van der Waals surface area contributed by atoms with Gasteiger partial charge in [-0.3, -0.25) is 4.79 Å². The smallest absolute Gasteiger partial charge is 0.238 e. The summed E-state index contributed by atoms with van der Waals surface area (Å²) in [5.41, 5.74) is 0. The van der Waals surface area contributed by atoms with Crippen molar-refractivity contribution in [3.05, 3.63) is 24.3 Å². The normalized spacial score (nSPS) is 10.6. The number of rotatable bonds is 7. The third-order valence-electron chi connectivity index (χ3n) is 2.47. The third-order valence-corrected chi connectivity index (χ3v) is 2.47. The molecule has 0 spiro atoms. The molecule has 0 aromatic carbocycles. The van der Waals surface area contributed by atoms with E-state index in [-0.39, 0.29) is 5.91 Å². The van der Waals surface area contributed by atoms with Crippen LogP contribution in [0.2, 0.25) is 0 Å². The van der Waals surface area contributed by atoms with Gasteiger partial charge in [-0.15, -0.1) is 0 Å². The number of nitrogens with zero attached hydrogens (tertiary/aromatic N) is 2. The van der Waals surface area contributed by atoms with E-state index in [4.69, 9.17) is 8.94 Å². The number of aromatic nitrogens is 2. The second-order valence-electron chi connectivity index (χ2n) is 3.94. The predicted molar refractivity (Wildman–Crippen MR) is 67.3 cm³/mol. The van der Waals surface area contributed by atoms with E-state index in [1.165, 1.54) is 0 Å². The van der Waals surface area contributed by atoms with E-state index in [0.29, 0.717) is 36.9 Å². The lowest BCUT2D eigenvalue weighted by Gasteiger charge is -2.02. The standard InChI is InChI=1S/C12H16N4O3/c1-13-6-7-14-10(17)4-5-11-15-12(16-19-11)9-3-2-8-18-9/h2-3,8,13H,4-7H2,1H3,(H,14,17). The first-order valence-electron chi connectivity index (χ1n) is 6.07. The van der Waals surface area contributed by atoms with Crippen LogP contribution in [0.3, 0.4) is 0 Å². The van der Waals surface area contributed by atoms with E-state index in [0.717, 1.165) is 6.54 Å². The van der Waals surface area contributed by atoms with Crippen LogP contribution in [-0.2, 0) is 11.2 Å². The average molecular weight is 264 g/mol. The Morgan fingerprint density at radius 3 is 3.05 bits per heavy atom. The third kappa shape index (κ3) is 3.92. The molecule has 0 aliphatic carbocycles. The minimum atomic E-state index is -0.0343. The van der Waals surface area contributed by atoms with Gasteiger partial charge >= 0.3 is 0 Å². The fourth-order valence-corrected chi connectivity index (χ4v) is 1.50. The summed E-state index contributed by atoms with van der Waals surface area (Å²) in [4.78, 5) is 15.6. The molecule has 102 valence electrons. The Morgan fingerprint density at radius 1 is 1.42 bits per heavy atom. The van der Waals surface area contributed by atoms with Gasteiger partial charge < -0.3 is 19.6 Å². The summed E-state index contributed by atoms with van der Waals surface area (Å²) in [6.07, 6.45) is 2.28. The minimum absolute atomic E-state index is 0.0343. The number of carbonyl (C=O) groups is 1. The van der Waals surface area contributed by atoms with Gasteiger partial charge in [0.2, 0.25) is 17.6 Å². The maximum atomic E-state index is 11.5. The molecule has 7 heteroatoms. The summed E-state index contributed by atoms with van der Waals surface area (Å²) in [7, 11) is 1.83. The summed E-state index contributed by atoms with van der Waals surface area (Å²) in [6, 6.07) is 3.50. The molecule has 2 aromatic rings. The molecular formula is C12H16N4O3. The molecule has 7 nitrogen and oxygen atoms in total. The summed E-state index contributed by atoms with van der Waals surface area (Å²) >= 11 is 0. The lowest BCUT2D eigenvalue weighted by atomic mass is 10.3. The molecule has 2 rings (SSSR count). The van der Waals surface area contributed by atoms with Crippen molar-refractivity contribution in [3.63, 3.8) is 0 Å². The lowest BCUT2D eigenvalue weighted by Crippen LogP contribution is -2.30. The first kappa shape index (κ1) is 13.3. The van der Waals surface area contributed by atoms with Gasteiger partial charge in [0.15, 0.2) is 5.76 Å². The molecule has 2 N–H and O–H groups in total. The van der Waals surface area contributed by atoms with Crippen LogP contribution < -0.4 is 10.6 Å². The van der Waals surface area contributed by atoms with Gasteiger partial charge in [0, 0.05) is 25.9 Å². The van der Waals surface area contributed by atoms with Crippen LogP contribution in [0, 0.1) is 0 Å². The van der Waals surface area contributed by atoms with E-state index < -0.39 is 0 Å². The predicted octanol–water partition coefficient (Wildman–Crippen LogP) is 0.598. The summed E-state index contributed by atoms with van der Waals surface area (Å²) in [5.74, 6) is 1.34. The quantitative estimate of drug-likeness (QED) is 0.711. The highest BCUT2D eigenvalue weighted by atomic mass is 16.5. The molecule has 0 unspecified atom stereocenters. The van der Waals surface area contributed by atoms with Crippen LogP contribution in [0.4, 0.5) is 0 Å². The van der Waals surface area contributed by atoms with Crippen LogP contribution in [0.5, 0.6) is 0 Å². The number of carbonyl (C=O) groups excluding carboxylic acids is 1. The Labute approximate surface area is 110 Å². The highest BCUT2D eigenvalue weighted by Crippen LogP contribution is 2.16. The molecule has 0 saturated carbocycles. The van der Waals surface area contributed by atoms with Gasteiger partial charge in [-0.05, 0) is 19.2 Å².